The lowest BCUT2D eigenvalue weighted by molar-refractivity contribution is 0.00432. The number of aliphatic hydroxyl groups is 2. The van der Waals surface area contributed by atoms with Crippen LogP contribution < -0.4 is 0 Å². The molecule has 0 aliphatic carbocycles. The third-order valence-corrected chi connectivity index (χ3v) is 2.20. The number of hydrogen-bond donors (Lipinski definition) is 2. The molecule has 0 amide bonds. The van der Waals surface area contributed by atoms with Crippen molar-refractivity contribution in [2.45, 2.75) is 52.2 Å². The van der Waals surface area contributed by atoms with E-state index >= 15 is 0 Å². The van der Waals surface area contributed by atoms with Crippen molar-refractivity contribution in [1.82, 2.24) is 0 Å². The van der Waals surface area contributed by atoms with E-state index in [2.05, 4.69) is 13.8 Å². The van der Waals surface area contributed by atoms with Crippen LogP contribution in [0.25, 0.3) is 0 Å². The van der Waals surface area contributed by atoms with Crippen LogP contribution in [0.2, 0.25) is 0 Å². The van der Waals surface area contributed by atoms with Crippen LogP contribution in [0.4, 0.5) is 0 Å². The van der Waals surface area contributed by atoms with E-state index in [1.165, 1.54) is 0 Å². The van der Waals surface area contributed by atoms with Crippen molar-refractivity contribution in [3.05, 3.63) is 0 Å². The molecule has 0 saturated carbocycles. The van der Waals surface area contributed by atoms with Gasteiger partial charge in [-0.15, -0.1) is 0 Å². The first-order valence-corrected chi connectivity index (χ1v) is 4.47. The van der Waals surface area contributed by atoms with Crippen molar-refractivity contribution in [2.24, 2.45) is 5.92 Å². The third kappa shape index (κ3) is 4.38. The van der Waals surface area contributed by atoms with E-state index < -0.39 is 12.2 Å². The first kappa shape index (κ1) is 10.9. The Hall–Kier alpha value is -0.0800. The van der Waals surface area contributed by atoms with Gasteiger partial charge in [-0.05, 0) is 18.8 Å². The van der Waals surface area contributed by atoms with Crippen molar-refractivity contribution in [3.8, 4) is 0 Å². The zero-order valence-electron chi connectivity index (χ0n) is 7.75. The molecule has 2 N–H and O–H groups in total. The maximum Gasteiger partial charge on any atom is 0.0801 e. The molecular formula is C9H20O2. The van der Waals surface area contributed by atoms with Crippen LogP contribution >= 0.6 is 0 Å². The lowest BCUT2D eigenvalue weighted by atomic mass is 9.97. The Bertz CT molecular complexity index is 93.6. The second-order valence-corrected chi connectivity index (χ2v) is 3.29. The van der Waals surface area contributed by atoms with Gasteiger partial charge >= 0.3 is 0 Å². The summed E-state index contributed by atoms with van der Waals surface area (Å²) in [7, 11) is 0. The first-order chi connectivity index (χ1) is 5.11. The maximum atomic E-state index is 9.37. The molecule has 68 valence electrons. The van der Waals surface area contributed by atoms with Gasteiger partial charge in [0.15, 0.2) is 0 Å². The molecule has 2 nitrogen and oxygen atoms in total. The summed E-state index contributed by atoms with van der Waals surface area (Å²) in [5, 5.41) is 18.6. The van der Waals surface area contributed by atoms with Crippen LogP contribution in [0.1, 0.15) is 40.0 Å². The number of aliphatic hydroxyl groups excluding tert-OH is 2. The Morgan fingerprint density at radius 3 is 1.91 bits per heavy atom. The summed E-state index contributed by atoms with van der Waals surface area (Å²) in [5.74, 6) is 0.506. The molecular weight excluding hydrogens is 140 g/mol. The Kier molecular flexibility index (Phi) is 5.51. The fourth-order valence-electron chi connectivity index (χ4n) is 1.01. The first-order valence-electron chi connectivity index (χ1n) is 4.47. The highest BCUT2D eigenvalue weighted by Gasteiger charge is 2.15. The molecule has 0 fully saturated rings. The quantitative estimate of drug-likeness (QED) is 0.640. The van der Waals surface area contributed by atoms with Crippen LogP contribution in [0, 0.1) is 5.92 Å². The molecule has 0 radical (unpaired) electrons. The predicted molar refractivity (Wildman–Crippen MR) is 46.4 cm³/mol. The zero-order chi connectivity index (χ0) is 8.85. The van der Waals surface area contributed by atoms with Crippen LogP contribution in [-0.2, 0) is 0 Å². The molecule has 0 bridgehead atoms. The van der Waals surface area contributed by atoms with Crippen molar-refractivity contribution < 1.29 is 10.2 Å². The lowest BCUT2D eigenvalue weighted by Crippen LogP contribution is -2.26. The Morgan fingerprint density at radius 1 is 1.00 bits per heavy atom. The van der Waals surface area contributed by atoms with Crippen LogP contribution in [0.5, 0.6) is 0 Å². The Morgan fingerprint density at radius 2 is 1.55 bits per heavy atom. The van der Waals surface area contributed by atoms with Gasteiger partial charge in [0.25, 0.3) is 0 Å². The molecule has 0 aliphatic rings. The highest BCUT2D eigenvalue weighted by atomic mass is 16.3. The molecule has 0 aliphatic heterocycles. The summed E-state index contributed by atoms with van der Waals surface area (Å²) in [6, 6.07) is 0. The normalized spacial score (nSPS) is 19.4. The molecule has 0 rings (SSSR count). The van der Waals surface area contributed by atoms with Gasteiger partial charge in [-0.25, -0.2) is 0 Å². The number of rotatable bonds is 5. The monoisotopic (exact) mass is 160 g/mol. The fraction of sp³-hybridized carbons (Fsp3) is 1.00. The molecule has 0 aromatic rings. The average molecular weight is 160 g/mol. The summed E-state index contributed by atoms with van der Waals surface area (Å²) in [6.07, 6.45) is 1.34. The second kappa shape index (κ2) is 5.56. The van der Waals surface area contributed by atoms with Gasteiger partial charge in [-0.2, -0.15) is 0 Å². The smallest absolute Gasteiger partial charge is 0.0801 e. The minimum absolute atomic E-state index is 0.506. The molecule has 0 heterocycles. The highest BCUT2D eigenvalue weighted by Crippen LogP contribution is 2.13. The molecule has 0 spiro atoms. The lowest BCUT2D eigenvalue weighted by Gasteiger charge is -2.18. The standard InChI is InChI=1S/C9H20O2/c1-4-7(3)6-9(11)8(10)5-2/h7-11H,4-6H2,1-3H3. The summed E-state index contributed by atoms with van der Waals surface area (Å²) >= 11 is 0. The van der Waals surface area contributed by atoms with Gasteiger partial charge in [0.05, 0.1) is 12.2 Å². The van der Waals surface area contributed by atoms with Gasteiger partial charge < -0.3 is 10.2 Å². The largest absolute Gasteiger partial charge is 0.390 e. The molecule has 3 unspecified atom stereocenters. The minimum Gasteiger partial charge on any atom is -0.390 e. The topological polar surface area (TPSA) is 40.5 Å². The van der Waals surface area contributed by atoms with Crippen molar-refractivity contribution in [3.63, 3.8) is 0 Å². The summed E-state index contributed by atoms with van der Waals surface area (Å²) in [6.45, 7) is 6.06. The highest BCUT2D eigenvalue weighted by molar-refractivity contribution is 4.67. The van der Waals surface area contributed by atoms with E-state index in [1.807, 2.05) is 6.92 Å². The predicted octanol–water partition coefficient (Wildman–Crippen LogP) is 1.55. The Balaban J connectivity index is 3.58. The summed E-state index contributed by atoms with van der Waals surface area (Å²) < 4.78 is 0. The van der Waals surface area contributed by atoms with Crippen molar-refractivity contribution in [2.75, 3.05) is 0 Å². The molecule has 0 aromatic heterocycles. The van der Waals surface area contributed by atoms with Gasteiger partial charge in [-0.1, -0.05) is 27.2 Å². The molecule has 11 heavy (non-hydrogen) atoms. The second-order valence-electron chi connectivity index (χ2n) is 3.29. The van der Waals surface area contributed by atoms with Crippen LogP contribution in [-0.4, -0.2) is 22.4 Å². The number of hydrogen-bond acceptors (Lipinski definition) is 2. The third-order valence-electron chi connectivity index (χ3n) is 2.20. The average Bonchev–Trinajstić information content (AvgIpc) is 2.02. The van der Waals surface area contributed by atoms with Crippen LogP contribution in [0.3, 0.4) is 0 Å². The van der Waals surface area contributed by atoms with E-state index in [0.29, 0.717) is 18.8 Å². The van der Waals surface area contributed by atoms with E-state index in [-0.39, 0.29) is 0 Å². The Labute approximate surface area is 69.2 Å². The van der Waals surface area contributed by atoms with E-state index in [9.17, 15) is 10.2 Å². The van der Waals surface area contributed by atoms with E-state index in [0.717, 1.165) is 6.42 Å². The van der Waals surface area contributed by atoms with Gasteiger partial charge in [0.2, 0.25) is 0 Å². The maximum absolute atomic E-state index is 9.37. The molecule has 0 aromatic carbocycles. The minimum atomic E-state index is -0.538. The van der Waals surface area contributed by atoms with Crippen molar-refractivity contribution in [1.29, 1.82) is 0 Å². The van der Waals surface area contributed by atoms with Gasteiger partial charge in [0, 0.05) is 0 Å². The van der Waals surface area contributed by atoms with Gasteiger partial charge in [-0.3, -0.25) is 0 Å². The van der Waals surface area contributed by atoms with Crippen molar-refractivity contribution >= 4 is 0 Å². The fourth-order valence-corrected chi connectivity index (χ4v) is 1.01. The zero-order valence-corrected chi connectivity index (χ0v) is 7.75. The molecule has 3 atom stereocenters. The molecule has 0 saturated heterocycles. The summed E-state index contributed by atoms with van der Waals surface area (Å²) in [5.41, 5.74) is 0. The summed E-state index contributed by atoms with van der Waals surface area (Å²) in [4.78, 5) is 0. The SMILES string of the molecule is CCC(C)CC(O)C(O)CC. The molecule has 2 heteroatoms. The van der Waals surface area contributed by atoms with Crippen LogP contribution in [0.15, 0.2) is 0 Å². The van der Waals surface area contributed by atoms with Gasteiger partial charge in [0.1, 0.15) is 0 Å². The van der Waals surface area contributed by atoms with E-state index in [1.54, 1.807) is 0 Å². The van der Waals surface area contributed by atoms with E-state index in [4.69, 9.17) is 0 Å².